The fourth-order valence-corrected chi connectivity index (χ4v) is 2.74. The van der Waals surface area contributed by atoms with Crippen molar-refractivity contribution in [3.63, 3.8) is 0 Å². The number of hydrogen-bond acceptors (Lipinski definition) is 4. The molecule has 0 saturated heterocycles. The Labute approximate surface area is 178 Å². The Morgan fingerprint density at radius 1 is 1.06 bits per heavy atom. The van der Waals surface area contributed by atoms with E-state index in [2.05, 4.69) is 10.4 Å². The van der Waals surface area contributed by atoms with Gasteiger partial charge in [0, 0.05) is 16.8 Å². The standard InChI is InChI=1S/C20H14ClF3N4O3/c1-10-8-15(29)19(27-28(10)12-4-2-11(21)3-5-12)20(31)25-9-16(30)26-14-7-6-13(22)17(23)18(14)24/h2-8H,9H2,1H3,(H,25,31)(H,26,30). The van der Waals surface area contributed by atoms with Crippen LogP contribution in [0, 0.1) is 24.4 Å². The monoisotopic (exact) mass is 450 g/mol. The zero-order chi connectivity index (χ0) is 22.7. The van der Waals surface area contributed by atoms with Crippen LogP contribution in [0.5, 0.6) is 0 Å². The first kappa shape index (κ1) is 22.0. The second-order valence-corrected chi connectivity index (χ2v) is 6.78. The van der Waals surface area contributed by atoms with E-state index >= 15 is 0 Å². The van der Waals surface area contributed by atoms with Crippen LogP contribution in [0.25, 0.3) is 5.69 Å². The van der Waals surface area contributed by atoms with Crippen LogP contribution in [0.4, 0.5) is 18.9 Å². The number of aromatic nitrogens is 2. The van der Waals surface area contributed by atoms with Crippen molar-refractivity contribution in [1.82, 2.24) is 15.1 Å². The maximum atomic E-state index is 13.6. The molecule has 0 atom stereocenters. The Morgan fingerprint density at radius 3 is 2.42 bits per heavy atom. The molecule has 0 fully saturated rings. The second-order valence-electron chi connectivity index (χ2n) is 6.34. The third-order valence-corrected chi connectivity index (χ3v) is 4.36. The van der Waals surface area contributed by atoms with E-state index in [1.165, 1.54) is 10.7 Å². The third kappa shape index (κ3) is 4.92. The lowest BCUT2D eigenvalue weighted by molar-refractivity contribution is -0.115. The Bertz CT molecular complexity index is 1230. The minimum atomic E-state index is -1.74. The number of nitrogens with one attached hydrogen (secondary N) is 2. The van der Waals surface area contributed by atoms with Gasteiger partial charge in [0.15, 0.2) is 23.1 Å². The van der Waals surface area contributed by atoms with E-state index < -0.39 is 52.6 Å². The summed E-state index contributed by atoms with van der Waals surface area (Å²) in [5, 5.41) is 8.70. The number of aryl methyl sites for hydroxylation is 1. The number of rotatable bonds is 5. The first-order valence-corrected chi connectivity index (χ1v) is 9.13. The fourth-order valence-electron chi connectivity index (χ4n) is 2.61. The zero-order valence-corrected chi connectivity index (χ0v) is 16.6. The average molecular weight is 451 g/mol. The van der Waals surface area contributed by atoms with Gasteiger partial charge in [0.1, 0.15) is 0 Å². The lowest BCUT2D eigenvalue weighted by Gasteiger charge is -2.12. The summed E-state index contributed by atoms with van der Waals surface area (Å²) in [6.07, 6.45) is 0. The van der Waals surface area contributed by atoms with Crippen molar-refractivity contribution in [2.45, 2.75) is 6.92 Å². The molecule has 2 aromatic carbocycles. The van der Waals surface area contributed by atoms with Crippen LogP contribution in [-0.2, 0) is 4.79 Å². The molecule has 3 rings (SSSR count). The molecule has 160 valence electrons. The zero-order valence-electron chi connectivity index (χ0n) is 15.9. The molecule has 0 aliphatic rings. The summed E-state index contributed by atoms with van der Waals surface area (Å²) in [6, 6.07) is 9.17. The summed E-state index contributed by atoms with van der Waals surface area (Å²) in [5.41, 5.74) is -0.755. The molecule has 2 N–H and O–H groups in total. The highest BCUT2D eigenvalue weighted by Crippen LogP contribution is 2.19. The Hall–Kier alpha value is -3.66. The van der Waals surface area contributed by atoms with Gasteiger partial charge in [-0.15, -0.1) is 0 Å². The van der Waals surface area contributed by atoms with E-state index in [9.17, 15) is 27.6 Å². The molecule has 2 amide bonds. The number of carbonyl (C=O) groups excluding carboxylic acids is 2. The van der Waals surface area contributed by atoms with Crippen molar-refractivity contribution in [2.75, 3.05) is 11.9 Å². The Balaban J connectivity index is 1.74. The molecule has 0 spiro atoms. The minimum absolute atomic E-state index is 0.454. The van der Waals surface area contributed by atoms with Gasteiger partial charge in [0.2, 0.25) is 11.3 Å². The summed E-state index contributed by atoms with van der Waals surface area (Å²) < 4.78 is 41.2. The molecule has 0 aliphatic heterocycles. The van der Waals surface area contributed by atoms with Crippen LogP contribution >= 0.6 is 11.6 Å². The number of carbonyl (C=O) groups is 2. The molecule has 0 radical (unpaired) electrons. The highest BCUT2D eigenvalue weighted by molar-refractivity contribution is 6.30. The molecule has 0 unspecified atom stereocenters. The number of benzene rings is 2. The smallest absolute Gasteiger partial charge is 0.276 e. The van der Waals surface area contributed by atoms with Crippen LogP contribution < -0.4 is 16.1 Å². The number of amides is 2. The highest BCUT2D eigenvalue weighted by Gasteiger charge is 2.18. The van der Waals surface area contributed by atoms with Crippen molar-refractivity contribution >= 4 is 29.1 Å². The van der Waals surface area contributed by atoms with Gasteiger partial charge in [-0.1, -0.05) is 11.6 Å². The summed E-state index contributed by atoms with van der Waals surface area (Å²) >= 11 is 5.86. The normalized spacial score (nSPS) is 10.6. The molecule has 31 heavy (non-hydrogen) atoms. The largest absolute Gasteiger partial charge is 0.341 e. The average Bonchev–Trinajstić information content (AvgIpc) is 2.73. The minimum Gasteiger partial charge on any atom is -0.341 e. The van der Waals surface area contributed by atoms with Gasteiger partial charge in [-0.25, -0.2) is 17.9 Å². The molecule has 3 aromatic rings. The van der Waals surface area contributed by atoms with Crippen molar-refractivity contribution in [3.05, 3.63) is 86.6 Å². The summed E-state index contributed by atoms with van der Waals surface area (Å²) in [6.45, 7) is 0.946. The molecule has 11 heteroatoms. The van der Waals surface area contributed by atoms with E-state index in [1.807, 2.05) is 5.32 Å². The summed E-state index contributed by atoms with van der Waals surface area (Å²) in [4.78, 5) is 36.5. The molecule has 1 heterocycles. The first-order chi connectivity index (χ1) is 14.7. The SMILES string of the molecule is Cc1cc(=O)c(C(=O)NCC(=O)Nc2ccc(F)c(F)c2F)nn1-c1ccc(Cl)cc1. The highest BCUT2D eigenvalue weighted by atomic mass is 35.5. The summed E-state index contributed by atoms with van der Waals surface area (Å²) in [7, 11) is 0. The molecule has 0 aliphatic carbocycles. The van der Waals surface area contributed by atoms with E-state index in [1.54, 1.807) is 31.2 Å². The van der Waals surface area contributed by atoms with Crippen molar-refractivity contribution in [2.24, 2.45) is 0 Å². The van der Waals surface area contributed by atoms with E-state index in [0.717, 1.165) is 6.07 Å². The van der Waals surface area contributed by atoms with Crippen LogP contribution in [-0.4, -0.2) is 28.1 Å². The van der Waals surface area contributed by atoms with Crippen LogP contribution in [0.3, 0.4) is 0 Å². The van der Waals surface area contributed by atoms with Gasteiger partial charge < -0.3 is 10.6 Å². The first-order valence-electron chi connectivity index (χ1n) is 8.76. The molecular weight excluding hydrogens is 437 g/mol. The van der Waals surface area contributed by atoms with Crippen LogP contribution in [0.1, 0.15) is 16.2 Å². The fraction of sp³-hybridized carbons (Fsp3) is 0.100. The van der Waals surface area contributed by atoms with Crippen LogP contribution in [0.15, 0.2) is 47.3 Å². The molecular formula is C20H14ClF3N4O3. The molecule has 7 nitrogen and oxygen atoms in total. The van der Waals surface area contributed by atoms with Crippen molar-refractivity contribution in [3.8, 4) is 5.69 Å². The number of hydrogen-bond donors (Lipinski definition) is 2. The number of anilines is 1. The predicted molar refractivity (Wildman–Crippen MR) is 107 cm³/mol. The van der Waals surface area contributed by atoms with Gasteiger partial charge in [0.25, 0.3) is 5.91 Å². The maximum Gasteiger partial charge on any atom is 0.276 e. The van der Waals surface area contributed by atoms with Crippen molar-refractivity contribution in [1.29, 1.82) is 0 Å². The van der Waals surface area contributed by atoms with E-state index in [4.69, 9.17) is 11.6 Å². The second kappa shape index (κ2) is 9.00. The lowest BCUT2D eigenvalue weighted by atomic mass is 10.2. The summed E-state index contributed by atoms with van der Waals surface area (Å²) in [5.74, 6) is -6.61. The predicted octanol–water partition coefficient (Wildman–Crippen LogP) is 2.98. The topological polar surface area (TPSA) is 93.1 Å². The number of halogens is 4. The van der Waals surface area contributed by atoms with E-state index in [0.29, 0.717) is 22.5 Å². The third-order valence-electron chi connectivity index (χ3n) is 4.11. The molecule has 1 aromatic heterocycles. The lowest BCUT2D eigenvalue weighted by Crippen LogP contribution is -2.37. The van der Waals surface area contributed by atoms with Gasteiger partial charge in [0.05, 0.1) is 17.9 Å². The Morgan fingerprint density at radius 2 is 1.74 bits per heavy atom. The van der Waals surface area contributed by atoms with Gasteiger partial charge >= 0.3 is 0 Å². The van der Waals surface area contributed by atoms with E-state index in [-0.39, 0.29) is 0 Å². The molecule has 0 bridgehead atoms. The molecule has 0 saturated carbocycles. The van der Waals surface area contributed by atoms with Gasteiger partial charge in [-0.2, -0.15) is 5.10 Å². The Kier molecular flexibility index (Phi) is 6.40. The van der Waals surface area contributed by atoms with Gasteiger partial charge in [-0.05, 0) is 43.3 Å². The number of nitrogens with zero attached hydrogens (tertiary/aromatic N) is 2. The quantitative estimate of drug-likeness (QED) is 0.584. The van der Waals surface area contributed by atoms with Gasteiger partial charge in [-0.3, -0.25) is 14.4 Å². The maximum absolute atomic E-state index is 13.6. The van der Waals surface area contributed by atoms with Crippen molar-refractivity contribution < 1.29 is 22.8 Å². The van der Waals surface area contributed by atoms with Crippen LogP contribution in [0.2, 0.25) is 5.02 Å².